The van der Waals surface area contributed by atoms with E-state index in [0.29, 0.717) is 21.7 Å². The van der Waals surface area contributed by atoms with Gasteiger partial charge >= 0.3 is 0 Å². The van der Waals surface area contributed by atoms with Gasteiger partial charge in [-0.15, -0.1) is 0 Å². The number of amides is 1. The Bertz CT molecular complexity index is 502. The lowest BCUT2D eigenvalue weighted by molar-refractivity contribution is -0.123. The van der Waals surface area contributed by atoms with Gasteiger partial charge in [-0.2, -0.15) is 5.10 Å². The molecule has 1 aromatic rings. The number of nitrogens with one attached hydrogen (secondary N) is 1. The van der Waals surface area contributed by atoms with Gasteiger partial charge in [0.1, 0.15) is 5.75 Å². The minimum atomic E-state index is -0.331. The predicted molar refractivity (Wildman–Crippen MR) is 82.7 cm³/mol. The quantitative estimate of drug-likeness (QED) is 0.639. The Morgan fingerprint density at radius 2 is 2.10 bits per heavy atom. The van der Waals surface area contributed by atoms with Crippen molar-refractivity contribution in [2.75, 3.05) is 6.61 Å². The average molecular weight is 317 g/mol. The first-order chi connectivity index (χ1) is 9.43. The van der Waals surface area contributed by atoms with Crippen molar-refractivity contribution in [2.45, 2.75) is 27.2 Å². The third kappa shape index (κ3) is 5.39. The van der Waals surface area contributed by atoms with Gasteiger partial charge in [0.25, 0.3) is 5.91 Å². The zero-order valence-corrected chi connectivity index (χ0v) is 13.3. The highest BCUT2D eigenvalue weighted by molar-refractivity contribution is 6.35. The van der Waals surface area contributed by atoms with E-state index in [-0.39, 0.29) is 12.5 Å². The summed E-state index contributed by atoms with van der Waals surface area (Å²) in [7, 11) is 0. The van der Waals surface area contributed by atoms with Crippen LogP contribution in [0.15, 0.2) is 23.3 Å². The fraction of sp³-hybridized carbons (Fsp3) is 0.429. The third-order valence-electron chi connectivity index (χ3n) is 2.61. The zero-order valence-electron chi connectivity index (χ0n) is 11.7. The Kier molecular flexibility index (Phi) is 6.82. The number of benzene rings is 1. The molecule has 0 fully saturated rings. The summed E-state index contributed by atoms with van der Waals surface area (Å²) < 4.78 is 5.31. The summed E-state index contributed by atoms with van der Waals surface area (Å²) in [5, 5.41) is 4.95. The highest BCUT2D eigenvalue weighted by Gasteiger charge is 2.07. The lowest BCUT2D eigenvalue weighted by atomic mass is 10.1. The molecular weight excluding hydrogens is 299 g/mol. The lowest BCUT2D eigenvalue weighted by Crippen LogP contribution is -2.26. The van der Waals surface area contributed by atoms with E-state index in [1.54, 1.807) is 18.2 Å². The summed E-state index contributed by atoms with van der Waals surface area (Å²) in [5.41, 5.74) is 3.40. The topological polar surface area (TPSA) is 50.7 Å². The Labute approximate surface area is 129 Å². The molecule has 110 valence electrons. The van der Waals surface area contributed by atoms with Crippen LogP contribution in [0.25, 0.3) is 0 Å². The molecule has 6 heteroatoms. The van der Waals surface area contributed by atoms with Crippen molar-refractivity contribution in [2.24, 2.45) is 11.0 Å². The summed E-state index contributed by atoms with van der Waals surface area (Å²) in [6.45, 7) is 5.89. The van der Waals surface area contributed by atoms with Crippen LogP contribution < -0.4 is 10.2 Å². The molecule has 0 spiro atoms. The molecule has 0 saturated carbocycles. The van der Waals surface area contributed by atoms with Crippen LogP contribution >= 0.6 is 23.2 Å². The highest BCUT2D eigenvalue weighted by Crippen LogP contribution is 2.27. The number of hydrazone groups is 1. The van der Waals surface area contributed by atoms with Gasteiger partial charge in [0.15, 0.2) is 6.61 Å². The maximum Gasteiger partial charge on any atom is 0.277 e. The van der Waals surface area contributed by atoms with Gasteiger partial charge in [-0.05, 0) is 30.5 Å². The van der Waals surface area contributed by atoms with Crippen molar-refractivity contribution in [1.29, 1.82) is 0 Å². The third-order valence-corrected chi connectivity index (χ3v) is 3.14. The van der Waals surface area contributed by atoms with Crippen LogP contribution in [0.2, 0.25) is 10.0 Å². The molecule has 0 heterocycles. The van der Waals surface area contributed by atoms with E-state index in [2.05, 4.69) is 10.5 Å². The second-order valence-electron chi connectivity index (χ2n) is 4.51. The standard InChI is InChI=1S/C14H18Cl2N2O2/c1-4-12(9(2)3)17-18-14(19)8-20-13-6-5-10(15)7-11(13)16/h5-7,9H,4,8H2,1-3H3,(H,18,19)/b17-12-. The van der Waals surface area contributed by atoms with Crippen molar-refractivity contribution in [3.8, 4) is 5.75 Å². The minimum absolute atomic E-state index is 0.153. The van der Waals surface area contributed by atoms with Gasteiger partial charge in [0.05, 0.1) is 5.02 Å². The molecule has 1 amide bonds. The fourth-order valence-corrected chi connectivity index (χ4v) is 1.98. The van der Waals surface area contributed by atoms with Crippen LogP contribution in [0.5, 0.6) is 5.75 Å². The van der Waals surface area contributed by atoms with Crippen LogP contribution in [0, 0.1) is 5.92 Å². The van der Waals surface area contributed by atoms with Crippen molar-refractivity contribution < 1.29 is 9.53 Å². The lowest BCUT2D eigenvalue weighted by Gasteiger charge is -2.09. The number of hydrogen-bond donors (Lipinski definition) is 1. The predicted octanol–water partition coefficient (Wildman–Crippen LogP) is 3.91. The van der Waals surface area contributed by atoms with Crippen molar-refractivity contribution in [1.82, 2.24) is 5.43 Å². The molecule has 4 nitrogen and oxygen atoms in total. The van der Waals surface area contributed by atoms with Gasteiger partial charge in [0, 0.05) is 10.7 Å². The zero-order chi connectivity index (χ0) is 15.1. The molecule has 0 radical (unpaired) electrons. The molecule has 1 N–H and O–H groups in total. The molecule has 1 aromatic carbocycles. The first-order valence-corrected chi connectivity index (χ1v) is 7.12. The summed E-state index contributed by atoms with van der Waals surface area (Å²) in [6, 6.07) is 4.82. The molecule has 0 aliphatic rings. The number of ether oxygens (including phenoxy) is 1. The first-order valence-electron chi connectivity index (χ1n) is 6.37. The smallest absolute Gasteiger partial charge is 0.277 e. The number of carbonyl (C=O) groups excluding carboxylic acids is 1. The van der Waals surface area contributed by atoms with Crippen LogP contribution in [0.1, 0.15) is 27.2 Å². The largest absolute Gasteiger partial charge is 0.482 e. The average Bonchev–Trinajstić information content (AvgIpc) is 2.38. The Hall–Kier alpha value is -1.26. The van der Waals surface area contributed by atoms with Crippen molar-refractivity contribution in [3.05, 3.63) is 28.2 Å². The Morgan fingerprint density at radius 1 is 1.40 bits per heavy atom. The van der Waals surface area contributed by atoms with Gasteiger partial charge < -0.3 is 4.74 Å². The Morgan fingerprint density at radius 3 is 2.65 bits per heavy atom. The summed E-state index contributed by atoms with van der Waals surface area (Å²) in [5.74, 6) is 0.379. The van der Waals surface area contributed by atoms with E-state index in [4.69, 9.17) is 27.9 Å². The van der Waals surface area contributed by atoms with Gasteiger partial charge in [0.2, 0.25) is 0 Å². The number of hydrogen-bond acceptors (Lipinski definition) is 3. The SMILES string of the molecule is CC/C(=N/NC(=O)COc1ccc(Cl)cc1Cl)C(C)C. The summed E-state index contributed by atoms with van der Waals surface area (Å²) in [4.78, 5) is 11.6. The molecule has 0 bridgehead atoms. The van der Waals surface area contributed by atoms with Crippen LogP contribution in [0.3, 0.4) is 0 Å². The van der Waals surface area contributed by atoms with Gasteiger partial charge in [-0.3, -0.25) is 4.79 Å². The highest BCUT2D eigenvalue weighted by atomic mass is 35.5. The van der Waals surface area contributed by atoms with Gasteiger partial charge in [-0.1, -0.05) is 44.0 Å². The van der Waals surface area contributed by atoms with E-state index < -0.39 is 0 Å². The van der Waals surface area contributed by atoms with E-state index in [1.807, 2.05) is 20.8 Å². The first kappa shape index (κ1) is 16.8. The number of rotatable bonds is 6. The molecule has 1 rings (SSSR count). The molecule has 0 unspecified atom stereocenters. The molecule has 0 saturated heterocycles. The van der Waals surface area contributed by atoms with Crippen molar-refractivity contribution >= 4 is 34.8 Å². The van der Waals surface area contributed by atoms with E-state index in [1.165, 1.54) is 0 Å². The monoisotopic (exact) mass is 316 g/mol. The van der Waals surface area contributed by atoms with E-state index >= 15 is 0 Å². The molecule has 0 aliphatic carbocycles. The molecule has 0 aliphatic heterocycles. The van der Waals surface area contributed by atoms with Crippen LogP contribution in [-0.4, -0.2) is 18.2 Å². The molecular formula is C14H18Cl2N2O2. The molecule has 20 heavy (non-hydrogen) atoms. The number of carbonyl (C=O) groups is 1. The molecule has 0 atom stereocenters. The number of nitrogens with zero attached hydrogens (tertiary/aromatic N) is 1. The maximum atomic E-state index is 11.6. The maximum absolute atomic E-state index is 11.6. The fourth-order valence-electron chi connectivity index (χ4n) is 1.52. The van der Waals surface area contributed by atoms with Gasteiger partial charge in [-0.25, -0.2) is 5.43 Å². The summed E-state index contributed by atoms with van der Waals surface area (Å²) >= 11 is 11.7. The second kappa shape index (κ2) is 8.12. The minimum Gasteiger partial charge on any atom is -0.482 e. The Balaban J connectivity index is 2.51. The molecule has 0 aromatic heterocycles. The van der Waals surface area contributed by atoms with Crippen LogP contribution in [-0.2, 0) is 4.79 Å². The van der Waals surface area contributed by atoms with Crippen LogP contribution in [0.4, 0.5) is 0 Å². The van der Waals surface area contributed by atoms with E-state index in [0.717, 1.165) is 12.1 Å². The number of halogens is 2. The van der Waals surface area contributed by atoms with Crippen molar-refractivity contribution in [3.63, 3.8) is 0 Å². The normalized spacial score (nSPS) is 11.6. The van der Waals surface area contributed by atoms with E-state index in [9.17, 15) is 4.79 Å². The summed E-state index contributed by atoms with van der Waals surface area (Å²) in [6.07, 6.45) is 0.793. The second-order valence-corrected chi connectivity index (χ2v) is 5.35.